The van der Waals surface area contributed by atoms with E-state index in [9.17, 15) is 34.2 Å². The third kappa shape index (κ3) is 5.18. The first kappa shape index (κ1) is 32.2. The number of aliphatic hydroxyl groups excluding tert-OH is 1. The summed E-state index contributed by atoms with van der Waals surface area (Å²) in [6.07, 6.45) is -7.09. The van der Waals surface area contributed by atoms with E-state index in [1.165, 1.54) is 19.9 Å². The topological polar surface area (TPSA) is 184 Å². The van der Waals surface area contributed by atoms with Gasteiger partial charge in [-0.1, -0.05) is 12.5 Å². The highest BCUT2D eigenvalue weighted by Crippen LogP contribution is 2.62. The van der Waals surface area contributed by atoms with Gasteiger partial charge in [-0.2, -0.15) is 0 Å². The number of allylic oxidation sites excluding steroid dienone is 1. The third-order valence-electron chi connectivity index (χ3n) is 9.08. The molecular weight excluding hydrogens is 580 g/mol. The van der Waals surface area contributed by atoms with Crippen LogP contribution in [0.5, 0.6) is 0 Å². The fourth-order valence-electron chi connectivity index (χ4n) is 7.14. The van der Waals surface area contributed by atoms with E-state index in [2.05, 4.69) is 0 Å². The van der Waals surface area contributed by atoms with Gasteiger partial charge in [0.2, 0.25) is 0 Å². The zero-order valence-corrected chi connectivity index (χ0v) is 25.0. The SMILES string of the molecule is CC(=O)OC1C(O)C2(CO2)C2C(OC(C)=O)C3(O)C(C=C(CCl)CCC(OC(C)=O)C2(C)C1OC(C)=O)OC(=O)C3C. The summed E-state index contributed by atoms with van der Waals surface area (Å²) in [5.74, 6) is -6.56. The Bertz CT molecular complexity index is 1180. The van der Waals surface area contributed by atoms with Gasteiger partial charge in [-0.3, -0.25) is 24.0 Å². The minimum absolute atomic E-state index is 0.0428. The average molecular weight is 617 g/mol. The summed E-state index contributed by atoms with van der Waals surface area (Å²) in [6.45, 7) is 7.32. The molecule has 234 valence electrons. The van der Waals surface area contributed by atoms with Crippen molar-refractivity contribution in [2.75, 3.05) is 12.5 Å². The molecule has 0 aromatic rings. The van der Waals surface area contributed by atoms with Gasteiger partial charge in [-0.15, -0.1) is 11.6 Å². The molecule has 42 heavy (non-hydrogen) atoms. The largest absolute Gasteiger partial charge is 0.462 e. The monoisotopic (exact) mass is 616 g/mol. The minimum Gasteiger partial charge on any atom is -0.462 e. The second-order valence-electron chi connectivity index (χ2n) is 11.7. The average Bonchev–Trinajstić information content (AvgIpc) is 3.64. The Labute approximate surface area is 247 Å². The molecule has 11 unspecified atom stereocenters. The summed E-state index contributed by atoms with van der Waals surface area (Å²) in [5, 5.41) is 24.2. The molecule has 1 spiro atoms. The van der Waals surface area contributed by atoms with Crippen molar-refractivity contribution in [1.82, 2.24) is 0 Å². The Morgan fingerprint density at radius 2 is 1.55 bits per heavy atom. The molecule has 0 aromatic carbocycles. The fourth-order valence-corrected chi connectivity index (χ4v) is 7.36. The Balaban J connectivity index is 2.10. The highest BCUT2D eigenvalue weighted by atomic mass is 35.5. The molecule has 3 fully saturated rings. The number of hydrogen-bond donors (Lipinski definition) is 2. The van der Waals surface area contributed by atoms with Crippen molar-refractivity contribution in [3.05, 3.63) is 11.6 Å². The standard InChI is InChI=1S/C28H37ClO13/c1-12-25(35)42-19-9-17(10-29)7-8-18(38-13(2)30)26(6)21(24(28(12,19)36)41-16(5)33)27(11-37-27)22(34)20(39-14(3)31)23(26)40-15(4)32/h9,12,18-24,34,36H,7-8,10-11H2,1-6H3. The molecule has 2 N–H and O–H groups in total. The molecule has 4 rings (SSSR count). The van der Waals surface area contributed by atoms with E-state index < -0.39 is 94.9 Å². The molecular formula is C28H37ClO13. The first-order chi connectivity index (χ1) is 19.5. The maximum absolute atomic E-state index is 13.0. The second kappa shape index (κ2) is 11.4. The Kier molecular flexibility index (Phi) is 8.73. The van der Waals surface area contributed by atoms with Crippen molar-refractivity contribution in [3.63, 3.8) is 0 Å². The predicted molar refractivity (Wildman–Crippen MR) is 141 cm³/mol. The van der Waals surface area contributed by atoms with Crippen molar-refractivity contribution in [2.24, 2.45) is 17.3 Å². The lowest BCUT2D eigenvalue weighted by Crippen LogP contribution is -2.75. The molecule has 0 bridgehead atoms. The zero-order chi connectivity index (χ0) is 31.4. The molecule has 2 aliphatic carbocycles. The number of alkyl halides is 1. The minimum atomic E-state index is -2.25. The highest BCUT2D eigenvalue weighted by molar-refractivity contribution is 6.19. The maximum atomic E-state index is 13.0. The summed E-state index contributed by atoms with van der Waals surface area (Å²) in [6, 6.07) is 0. The van der Waals surface area contributed by atoms with Crippen LogP contribution in [0.25, 0.3) is 0 Å². The first-order valence-corrected chi connectivity index (χ1v) is 14.3. The van der Waals surface area contributed by atoms with Crippen LogP contribution in [0, 0.1) is 17.3 Å². The number of ether oxygens (including phenoxy) is 6. The van der Waals surface area contributed by atoms with Crippen LogP contribution in [0.3, 0.4) is 0 Å². The lowest BCUT2D eigenvalue weighted by molar-refractivity contribution is -0.281. The number of rotatable bonds is 5. The molecule has 13 nitrogen and oxygen atoms in total. The van der Waals surface area contributed by atoms with Crippen molar-refractivity contribution in [2.45, 2.75) is 102 Å². The number of aliphatic hydroxyl groups is 2. The van der Waals surface area contributed by atoms with E-state index in [1.54, 1.807) is 6.92 Å². The smallest absolute Gasteiger partial charge is 0.312 e. The van der Waals surface area contributed by atoms with Gasteiger partial charge in [-0.05, 0) is 25.8 Å². The predicted octanol–water partition coefficient (Wildman–Crippen LogP) is 0.731. The van der Waals surface area contributed by atoms with E-state index in [1.807, 2.05) is 0 Å². The molecule has 1 saturated carbocycles. The lowest BCUT2D eigenvalue weighted by atomic mass is 9.51. The van der Waals surface area contributed by atoms with Crippen molar-refractivity contribution < 1.29 is 62.6 Å². The first-order valence-electron chi connectivity index (χ1n) is 13.7. The number of esters is 5. The van der Waals surface area contributed by atoms with Crippen molar-refractivity contribution in [3.8, 4) is 0 Å². The normalized spacial score (nSPS) is 42.7. The Morgan fingerprint density at radius 3 is 2.05 bits per heavy atom. The van der Waals surface area contributed by atoms with Crippen LogP contribution in [0.15, 0.2) is 11.6 Å². The molecule has 2 aliphatic heterocycles. The molecule has 0 radical (unpaired) electrons. The summed E-state index contributed by atoms with van der Waals surface area (Å²) >= 11 is 6.24. The second-order valence-corrected chi connectivity index (χ2v) is 12.0. The molecule has 0 amide bonds. The quantitative estimate of drug-likeness (QED) is 0.145. The van der Waals surface area contributed by atoms with E-state index >= 15 is 0 Å². The van der Waals surface area contributed by atoms with Gasteiger partial charge in [0.25, 0.3) is 0 Å². The number of halogens is 1. The number of epoxide rings is 1. The fraction of sp³-hybridized carbons (Fsp3) is 0.750. The van der Waals surface area contributed by atoms with Gasteiger partial charge in [0, 0.05) is 39.5 Å². The van der Waals surface area contributed by atoms with Gasteiger partial charge in [0.05, 0.1) is 17.9 Å². The van der Waals surface area contributed by atoms with Crippen molar-refractivity contribution in [1.29, 1.82) is 0 Å². The van der Waals surface area contributed by atoms with Gasteiger partial charge < -0.3 is 38.6 Å². The number of hydrogen-bond acceptors (Lipinski definition) is 13. The van der Waals surface area contributed by atoms with Gasteiger partial charge in [0.15, 0.2) is 23.9 Å². The molecule has 2 heterocycles. The van der Waals surface area contributed by atoms with Gasteiger partial charge >= 0.3 is 29.8 Å². The number of carbonyl (C=O) groups is 5. The summed E-state index contributed by atoms with van der Waals surface area (Å²) < 4.78 is 34.5. The van der Waals surface area contributed by atoms with E-state index in [0.29, 0.717) is 5.57 Å². The summed E-state index contributed by atoms with van der Waals surface area (Å²) in [7, 11) is 0. The number of fused-ring (bicyclic) bond motifs is 3. The van der Waals surface area contributed by atoms with Crippen LogP contribution in [0.2, 0.25) is 0 Å². The zero-order valence-electron chi connectivity index (χ0n) is 24.3. The lowest BCUT2D eigenvalue weighted by Gasteiger charge is -2.59. The van der Waals surface area contributed by atoms with Crippen LogP contribution in [-0.2, 0) is 52.4 Å². The van der Waals surface area contributed by atoms with E-state index in [-0.39, 0.29) is 25.3 Å². The van der Waals surface area contributed by atoms with Crippen LogP contribution < -0.4 is 0 Å². The molecule has 11 atom stereocenters. The van der Waals surface area contributed by atoms with Crippen molar-refractivity contribution >= 4 is 41.4 Å². The Morgan fingerprint density at radius 1 is 1.00 bits per heavy atom. The van der Waals surface area contributed by atoms with Crippen LogP contribution in [-0.4, -0.2) is 100 Å². The van der Waals surface area contributed by atoms with Gasteiger partial charge in [0.1, 0.15) is 23.9 Å². The summed E-state index contributed by atoms with van der Waals surface area (Å²) in [5.41, 5.74) is -5.06. The molecule has 14 heteroatoms. The maximum Gasteiger partial charge on any atom is 0.312 e. The Hall–Kier alpha value is -2.74. The van der Waals surface area contributed by atoms with E-state index in [0.717, 1.165) is 20.8 Å². The number of carbonyl (C=O) groups excluding carboxylic acids is 5. The van der Waals surface area contributed by atoms with Gasteiger partial charge in [-0.25, -0.2) is 0 Å². The van der Waals surface area contributed by atoms with E-state index in [4.69, 9.17) is 40.0 Å². The third-order valence-corrected chi connectivity index (χ3v) is 9.42. The highest BCUT2D eigenvalue weighted by Gasteiger charge is 2.80. The molecule has 2 saturated heterocycles. The summed E-state index contributed by atoms with van der Waals surface area (Å²) in [4.78, 5) is 63.0. The van der Waals surface area contributed by atoms with Crippen LogP contribution in [0.1, 0.15) is 54.4 Å². The molecule has 4 aliphatic rings. The molecule has 0 aromatic heterocycles. The van der Waals surface area contributed by atoms with Crippen LogP contribution >= 0.6 is 11.6 Å². The van der Waals surface area contributed by atoms with Crippen LogP contribution in [0.4, 0.5) is 0 Å².